The fourth-order valence-corrected chi connectivity index (χ4v) is 0.819. The van der Waals surface area contributed by atoms with Crippen LogP contribution in [0.5, 0.6) is 0 Å². The monoisotopic (exact) mass is 158 g/mol. The summed E-state index contributed by atoms with van der Waals surface area (Å²) >= 11 is 0. The third-order valence-corrected chi connectivity index (χ3v) is 1.49. The molecule has 1 heteroatoms. The van der Waals surface area contributed by atoms with Crippen LogP contribution in [0.15, 0.2) is 42.0 Å². The van der Waals surface area contributed by atoms with Gasteiger partial charge in [-0.1, -0.05) is 36.4 Å². The fraction of sp³-hybridized carbons (Fsp3) is 0.0909. The van der Waals surface area contributed by atoms with E-state index in [1.54, 1.807) is 13.0 Å². The molecule has 1 aromatic rings. The summed E-state index contributed by atoms with van der Waals surface area (Å²) < 4.78 is 0. The van der Waals surface area contributed by atoms with E-state index >= 15 is 0 Å². The summed E-state index contributed by atoms with van der Waals surface area (Å²) in [6, 6.07) is 9.84. The third kappa shape index (κ3) is 2.57. The maximum absolute atomic E-state index is 10.1. The van der Waals surface area contributed by atoms with E-state index in [1.165, 1.54) is 0 Å². The van der Waals surface area contributed by atoms with Gasteiger partial charge in [0.1, 0.15) is 5.94 Å². The molecule has 0 spiro atoms. The summed E-state index contributed by atoms with van der Waals surface area (Å²) in [7, 11) is 0. The molecule has 1 aromatic carbocycles. The van der Waals surface area contributed by atoms with Crippen molar-refractivity contribution in [3.05, 3.63) is 47.5 Å². The Balaban J connectivity index is 2.77. The highest BCUT2D eigenvalue weighted by molar-refractivity contribution is 5.62. The van der Waals surface area contributed by atoms with Crippen molar-refractivity contribution < 1.29 is 4.79 Å². The van der Waals surface area contributed by atoms with Crippen LogP contribution in [0.1, 0.15) is 12.5 Å². The second-order valence-corrected chi connectivity index (χ2v) is 2.53. The standard InChI is InChI=1S/C11H10O/c1-10(9-12)7-8-11-5-3-2-4-6-11/h2-8H,1H3/b8-7+. The van der Waals surface area contributed by atoms with Crippen LogP contribution in [0, 0.1) is 0 Å². The lowest BCUT2D eigenvalue weighted by Crippen LogP contribution is -1.70. The van der Waals surface area contributed by atoms with Gasteiger partial charge in [0, 0.05) is 5.57 Å². The Hall–Kier alpha value is -1.59. The van der Waals surface area contributed by atoms with Crippen molar-refractivity contribution in [3.63, 3.8) is 0 Å². The van der Waals surface area contributed by atoms with Gasteiger partial charge in [0.2, 0.25) is 0 Å². The van der Waals surface area contributed by atoms with Gasteiger partial charge in [0.25, 0.3) is 0 Å². The van der Waals surface area contributed by atoms with E-state index in [1.807, 2.05) is 42.3 Å². The van der Waals surface area contributed by atoms with Crippen LogP contribution in [0.4, 0.5) is 0 Å². The summed E-state index contributed by atoms with van der Waals surface area (Å²) in [4.78, 5) is 10.1. The van der Waals surface area contributed by atoms with Crippen LogP contribution in [-0.4, -0.2) is 5.94 Å². The van der Waals surface area contributed by atoms with E-state index in [9.17, 15) is 4.79 Å². The first-order valence-corrected chi connectivity index (χ1v) is 3.78. The van der Waals surface area contributed by atoms with Gasteiger partial charge in [-0.2, -0.15) is 0 Å². The summed E-state index contributed by atoms with van der Waals surface area (Å²) in [6.07, 6.45) is 3.64. The van der Waals surface area contributed by atoms with Crippen LogP contribution < -0.4 is 0 Å². The number of allylic oxidation sites excluding steroid dienone is 2. The molecule has 1 rings (SSSR count). The molecule has 0 fully saturated rings. The molecule has 0 saturated carbocycles. The van der Waals surface area contributed by atoms with Crippen LogP contribution in [0.25, 0.3) is 6.08 Å². The van der Waals surface area contributed by atoms with E-state index in [0.29, 0.717) is 5.57 Å². The lowest BCUT2D eigenvalue weighted by molar-refractivity contribution is 0.567. The number of benzene rings is 1. The molecule has 60 valence electrons. The van der Waals surface area contributed by atoms with Crippen molar-refractivity contribution in [1.82, 2.24) is 0 Å². The highest BCUT2D eigenvalue weighted by atomic mass is 16.1. The van der Waals surface area contributed by atoms with Gasteiger partial charge in [0.15, 0.2) is 0 Å². The molecule has 0 saturated heterocycles. The summed E-state index contributed by atoms with van der Waals surface area (Å²) in [5.74, 6) is 1.82. The van der Waals surface area contributed by atoms with Crippen LogP contribution in [-0.2, 0) is 4.79 Å². The normalized spacial score (nSPS) is 9.75. The molecule has 0 radical (unpaired) electrons. The average Bonchev–Trinajstić information content (AvgIpc) is 2.16. The molecule has 0 aliphatic rings. The first-order chi connectivity index (χ1) is 5.83. The van der Waals surface area contributed by atoms with Crippen LogP contribution in [0.3, 0.4) is 0 Å². The third-order valence-electron chi connectivity index (χ3n) is 1.49. The highest BCUT2D eigenvalue weighted by Crippen LogP contribution is 2.02. The molecule has 0 bridgehead atoms. The van der Waals surface area contributed by atoms with Crippen molar-refractivity contribution >= 4 is 12.0 Å². The molecule has 12 heavy (non-hydrogen) atoms. The van der Waals surface area contributed by atoms with Crippen molar-refractivity contribution in [2.45, 2.75) is 6.92 Å². The summed E-state index contributed by atoms with van der Waals surface area (Å²) in [6.45, 7) is 1.73. The molecule has 0 unspecified atom stereocenters. The first-order valence-electron chi connectivity index (χ1n) is 3.78. The van der Waals surface area contributed by atoms with Gasteiger partial charge in [0.05, 0.1) is 0 Å². The van der Waals surface area contributed by atoms with Gasteiger partial charge in [-0.3, -0.25) is 0 Å². The number of rotatable bonds is 2. The molecule has 0 N–H and O–H groups in total. The van der Waals surface area contributed by atoms with Gasteiger partial charge < -0.3 is 0 Å². The Bertz CT molecular complexity index is 316. The quantitative estimate of drug-likeness (QED) is 0.477. The summed E-state index contributed by atoms with van der Waals surface area (Å²) in [5.41, 5.74) is 1.70. The van der Waals surface area contributed by atoms with Crippen LogP contribution in [0.2, 0.25) is 0 Å². The first kappa shape index (κ1) is 8.51. The maximum atomic E-state index is 10.1. The smallest absolute Gasteiger partial charge is 0.127 e. The number of hydrogen-bond acceptors (Lipinski definition) is 1. The van der Waals surface area contributed by atoms with E-state index in [2.05, 4.69) is 0 Å². The second kappa shape index (κ2) is 4.32. The Morgan fingerprint density at radius 1 is 1.33 bits per heavy atom. The predicted molar refractivity (Wildman–Crippen MR) is 50.4 cm³/mol. The molecule has 0 amide bonds. The van der Waals surface area contributed by atoms with E-state index in [0.717, 1.165) is 5.56 Å². The molecule has 0 aliphatic heterocycles. The lowest BCUT2D eigenvalue weighted by Gasteiger charge is -1.89. The van der Waals surface area contributed by atoms with Crippen LogP contribution >= 0.6 is 0 Å². The Morgan fingerprint density at radius 3 is 2.58 bits per heavy atom. The topological polar surface area (TPSA) is 17.1 Å². The Kier molecular flexibility index (Phi) is 3.06. The van der Waals surface area contributed by atoms with E-state index in [-0.39, 0.29) is 0 Å². The summed E-state index contributed by atoms with van der Waals surface area (Å²) in [5, 5.41) is 0. The fourth-order valence-electron chi connectivity index (χ4n) is 0.819. The Morgan fingerprint density at radius 2 is 2.00 bits per heavy atom. The van der Waals surface area contributed by atoms with Crippen molar-refractivity contribution in [2.75, 3.05) is 0 Å². The molecule has 0 atom stereocenters. The predicted octanol–water partition coefficient (Wildman–Crippen LogP) is 2.48. The number of carbonyl (C=O) groups excluding carboxylic acids is 1. The minimum absolute atomic E-state index is 0.610. The van der Waals surface area contributed by atoms with Crippen molar-refractivity contribution in [3.8, 4) is 0 Å². The minimum Gasteiger partial charge on any atom is -0.233 e. The zero-order chi connectivity index (χ0) is 8.81. The van der Waals surface area contributed by atoms with Gasteiger partial charge in [-0.05, 0) is 18.6 Å². The van der Waals surface area contributed by atoms with Gasteiger partial charge in [-0.25, -0.2) is 4.79 Å². The SMILES string of the molecule is CC(=C=O)/C=C/c1ccccc1. The van der Waals surface area contributed by atoms with E-state index in [4.69, 9.17) is 0 Å². The molecule has 0 aromatic heterocycles. The molecule has 1 nitrogen and oxygen atoms in total. The zero-order valence-corrected chi connectivity index (χ0v) is 6.95. The average molecular weight is 158 g/mol. The molecular formula is C11H10O. The van der Waals surface area contributed by atoms with E-state index < -0.39 is 0 Å². The highest BCUT2D eigenvalue weighted by Gasteiger charge is 1.83. The molecule has 0 heterocycles. The van der Waals surface area contributed by atoms with Crippen molar-refractivity contribution in [1.29, 1.82) is 0 Å². The van der Waals surface area contributed by atoms with Crippen molar-refractivity contribution in [2.24, 2.45) is 0 Å². The molecule has 0 aliphatic carbocycles. The largest absolute Gasteiger partial charge is 0.233 e. The number of hydrogen-bond donors (Lipinski definition) is 0. The zero-order valence-electron chi connectivity index (χ0n) is 6.95. The van der Waals surface area contributed by atoms with Gasteiger partial charge in [-0.15, -0.1) is 0 Å². The van der Waals surface area contributed by atoms with Gasteiger partial charge >= 0.3 is 0 Å². The lowest BCUT2D eigenvalue weighted by atomic mass is 10.2. The molecular weight excluding hydrogens is 148 g/mol. The minimum atomic E-state index is 0.610. The second-order valence-electron chi connectivity index (χ2n) is 2.53. The maximum Gasteiger partial charge on any atom is 0.127 e. The Labute approximate surface area is 72.0 Å².